The summed E-state index contributed by atoms with van der Waals surface area (Å²) in [6, 6.07) is 18.6. The minimum Gasteiger partial charge on any atom is -0.298 e. The monoisotopic (exact) mass is 274 g/mol. The molecule has 21 heavy (non-hydrogen) atoms. The van der Waals surface area contributed by atoms with E-state index in [1.54, 1.807) is 12.1 Å². The van der Waals surface area contributed by atoms with Crippen molar-refractivity contribution in [3.63, 3.8) is 0 Å². The number of fused-ring (bicyclic) bond motifs is 1. The Morgan fingerprint density at radius 2 is 1.67 bits per heavy atom. The van der Waals surface area contributed by atoms with Gasteiger partial charge in [0.1, 0.15) is 6.29 Å². The maximum Gasteiger partial charge on any atom is 0.193 e. The predicted molar refractivity (Wildman–Crippen MR) is 83.9 cm³/mol. The van der Waals surface area contributed by atoms with E-state index in [2.05, 4.69) is 0 Å². The van der Waals surface area contributed by atoms with Crippen molar-refractivity contribution in [3.8, 4) is 0 Å². The smallest absolute Gasteiger partial charge is 0.193 e. The van der Waals surface area contributed by atoms with E-state index in [1.807, 2.05) is 55.5 Å². The van der Waals surface area contributed by atoms with E-state index < -0.39 is 0 Å². The second kappa shape index (κ2) is 5.33. The third-order valence-corrected chi connectivity index (χ3v) is 3.58. The summed E-state index contributed by atoms with van der Waals surface area (Å²) in [6.45, 7) is 1.98. The van der Waals surface area contributed by atoms with Gasteiger partial charge in [-0.25, -0.2) is 0 Å². The van der Waals surface area contributed by atoms with Crippen molar-refractivity contribution < 1.29 is 9.59 Å². The van der Waals surface area contributed by atoms with E-state index in [-0.39, 0.29) is 5.78 Å². The standard InChI is InChI=1S/C19H14O2/c1-13-6-8-15(9-7-13)19(21)18-11-14(12-20)10-16-4-2-3-5-17(16)18/h2-12H,1H3. The van der Waals surface area contributed by atoms with Crippen LogP contribution in [0.4, 0.5) is 0 Å². The first-order valence-corrected chi connectivity index (χ1v) is 6.78. The molecule has 0 heterocycles. The lowest BCUT2D eigenvalue weighted by Crippen LogP contribution is -2.03. The molecule has 3 rings (SSSR count). The van der Waals surface area contributed by atoms with Gasteiger partial charge < -0.3 is 0 Å². The van der Waals surface area contributed by atoms with Gasteiger partial charge in [-0.05, 0) is 29.8 Å². The van der Waals surface area contributed by atoms with Gasteiger partial charge >= 0.3 is 0 Å². The van der Waals surface area contributed by atoms with E-state index >= 15 is 0 Å². The van der Waals surface area contributed by atoms with Gasteiger partial charge in [-0.15, -0.1) is 0 Å². The molecular weight excluding hydrogens is 260 g/mol. The third kappa shape index (κ3) is 2.48. The highest BCUT2D eigenvalue weighted by atomic mass is 16.1. The van der Waals surface area contributed by atoms with Crippen LogP contribution in [0, 0.1) is 6.92 Å². The van der Waals surface area contributed by atoms with Crippen LogP contribution < -0.4 is 0 Å². The van der Waals surface area contributed by atoms with Crippen molar-refractivity contribution >= 4 is 22.8 Å². The molecule has 0 unspecified atom stereocenters. The number of ketones is 1. The molecule has 0 N–H and O–H groups in total. The number of hydrogen-bond acceptors (Lipinski definition) is 2. The van der Waals surface area contributed by atoms with Gasteiger partial charge in [0.05, 0.1) is 0 Å². The summed E-state index contributed by atoms with van der Waals surface area (Å²) in [4.78, 5) is 23.8. The van der Waals surface area contributed by atoms with Crippen molar-refractivity contribution in [3.05, 3.63) is 82.9 Å². The van der Waals surface area contributed by atoms with Gasteiger partial charge in [0.2, 0.25) is 0 Å². The van der Waals surface area contributed by atoms with Gasteiger partial charge in [-0.2, -0.15) is 0 Å². The molecule has 0 amide bonds. The molecule has 0 radical (unpaired) electrons. The molecule has 3 aromatic carbocycles. The zero-order valence-electron chi connectivity index (χ0n) is 11.7. The summed E-state index contributed by atoms with van der Waals surface area (Å²) in [5, 5.41) is 1.77. The number of carbonyl (C=O) groups excluding carboxylic acids is 2. The number of aldehydes is 1. The summed E-state index contributed by atoms with van der Waals surface area (Å²) >= 11 is 0. The Labute approximate surface area is 123 Å². The average Bonchev–Trinajstić information content (AvgIpc) is 2.53. The van der Waals surface area contributed by atoms with Gasteiger partial charge in [-0.3, -0.25) is 9.59 Å². The molecule has 2 nitrogen and oxygen atoms in total. The van der Waals surface area contributed by atoms with Gasteiger partial charge in [0, 0.05) is 16.7 Å². The molecule has 0 aliphatic heterocycles. The number of benzene rings is 3. The Hall–Kier alpha value is -2.74. The lowest BCUT2D eigenvalue weighted by molar-refractivity contribution is 0.104. The minimum absolute atomic E-state index is 0.0603. The molecule has 0 atom stereocenters. The normalized spacial score (nSPS) is 10.5. The second-order valence-electron chi connectivity index (χ2n) is 5.10. The lowest BCUT2D eigenvalue weighted by atomic mass is 9.95. The van der Waals surface area contributed by atoms with Crippen molar-refractivity contribution in [2.45, 2.75) is 6.92 Å². The Kier molecular flexibility index (Phi) is 3.36. The topological polar surface area (TPSA) is 34.1 Å². The molecule has 0 saturated carbocycles. The van der Waals surface area contributed by atoms with Crippen molar-refractivity contribution in [2.75, 3.05) is 0 Å². The molecule has 0 aliphatic carbocycles. The van der Waals surface area contributed by atoms with E-state index in [9.17, 15) is 9.59 Å². The maximum atomic E-state index is 12.7. The van der Waals surface area contributed by atoms with Crippen molar-refractivity contribution in [2.24, 2.45) is 0 Å². The summed E-state index contributed by atoms with van der Waals surface area (Å²) in [6.07, 6.45) is 0.776. The number of rotatable bonds is 3. The van der Waals surface area contributed by atoms with Crippen LogP contribution in [0.3, 0.4) is 0 Å². The first kappa shape index (κ1) is 13.3. The highest BCUT2D eigenvalue weighted by Gasteiger charge is 2.13. The fourth-order valence-corrected chi connectivity index (χ4v) is 2.45. The fraction of sp³-hybridized carbons (Fsp3) is 0.0526. The Morgan fingerprint density at radius 3 is 2.38 bits per heavy atom. The lowest BCUT2D eigenvalue weighted by Gasteiger charge is -2.08. The highest BCUT2D eigenvalue weighted by Crippen LogP contribution is 2.23. The minimum atomic E-state index is -0.0603. The molecule has 0 aromatic heterocycles. The highest BCUT2D eigenvalue weighted by molar-refractivity contribution is 6.17. The summed E-state index contributed by atoms with van der Waals surface area (Å²) in [7, 11) is 0. The van der Waals surface area contributed by atoms with Crippen LogP contribution in [0.5, 0.6) is 0 Å². The SMILES string of the molecule is Cc1ccc(C(=O)c2cc(C=O)cc3ccccc23)cc1. The van der Waals surface area contributed by atoms with E-state index in [1.165, 1.54) is 0 Å². The Morgan fingerprint density at radius 1 is 0.952 bits per heavy atom. The molecule has 0 aliphatic rings. The molecule has 102 valence electrons. The fourth-order valence-electron chi connectivity index (χ4n) is 2.45. The molecule has 0 fully saturated rings. The van der Waals surface area contributed by atoms with Crippen molar-refractivity contribution in [1.29, 1.82) is 0 Å². The third-order valence-electron chi connectivity index (χ3n) is 3.58. The average molecular weight is 274 g/mol. The van der Waals surface area contributed by atoms with Crippen LogP contribution in [0.1, 0.15) is 31.8 Å². The first-order chi connectivity index (χ1) is 10.2. The van der Waals surface area contributed by atoms with Gasteiger partial charge in [-0.1, -0.05) is 54.1 Å². The second-order valence-corrected chi connectivity index (χ2v) is 5.10. The quantitative estimate of drug-likeness (QED) is 0.530. The number of carbonyl (C=O) groups is 2. The van der Waals surface area contributed by atoms with E-state index in [4.69, 9.17) is 0 Å². The molecule has 0 spiro atoms. The van der Waals surface area contributed by atoms with Crippen molar-refractivity contribution in [1.82, 2.24) is 0 Å². The molecule has 0 saturated heterocycles. The summed E-state index contributed by atoms with van der Waals surface area (Å²) < 4.78 is 0. The summed E-state index contributed by atoms with van der Waals surface area (Å²) in [5.74, 6) is -0.0603. The number of aryl methyl sites for hydroxylation is 1. The zero-order valence-corrected chi connectivity index (χ0v) is 11.7. The molecule has 3 aromatic rings. The zero-order chi connectivity index (χ0) is 14.8. The van der Waals surface area contributed by atoms with E-state index in [0.29, 0.717) is 16.7 Å². The predicted octanol–water partition coefficient (Wildman–Crippen LogP) is 4.19. The molecular formula is C19H14O2. The van der Waals surface area contributed by atoms with Gasteiger partial charge in [0.25, 0.3) is 0 Å². The largest absolute Gasteiger partial charge is 0.298 e. The Balaban J connectivity index is 2.20. The maximum absolute atomic E-state index is 12.7. The molecule has 0 bridgehead atoms. The van der Waals surface area contributed by atoms with Gasteiger partial charge in [0.15, 0.2) is 5.78 Å². The van der Waals surface area contributed by atoms with E-state index in [0.717, 1.165) is 22.6 Å². The summed E-state index contributed by atoms with van der Waals surface area (Å²) in [5.41, 5.74) is 2.83. The van der Waals surface area contributed by atoms with Crippen LogP contribution in [0.15, 0.2) is 60.7 Å². The van der Waals surface area contributed by atoms with Crippen LogP contribution in [0.25, 0.3) is 10.8 Å². The molecule has 2 heteroatoms. The van der Waals surface area contributed by atoms with Crippen LogP contribution in [0.2, 0.25) is 0 Å². The first-order valence-electron chi connectivity index (χ1n) is 6.78. The number of hydrogen-bond donors (Lipinski definition) is 0. The van der Waals surface area contributed by atoms with Crippen LogP contribution in [-0.2, 0) is 0 Å². The Bertz CT molecular complexity index is 830. The van der Waals surface area contributed by atoms with Crippen LogP contribution >= 0.6 is 0 Å². The van der Waals surface area contributed by atoms with Crippen LogP contribution in [-0.4, -0.2) is 12.1 Å².